The summed E-state index contributed by atoms with van der Waals surface area (Å²) < 4.78 is 44.6. The van der Waals surface area contributed by atoms with Crippen molar-refractivity contribution in [2.45, 2.75) is 20.0 Å². The number of hydrogen-bond acceptors (Lipinski definition) is 4. The number of ether oxygens (including phenoxy) is 1. The van der Waals surface area contributed by atoms with Gasteiger partial charge in [-0.15, -0.1) is 0 Å². The Morgan fingerprint density at radius 1 is 1.00 bits per heavy atom. The summed E-state index contributed by atoms with van der Waals surface area (Å²) in [6, 6.07) is 19.4. The molecule has 0 unspecified atom stereocenters. The van der Waals surface area contributed by atoms with Crippen LogP contribution in [0.3, 0.4) is 0 Å². The maximum Gasteiger partial charge on any atom is 0.251 e. The molecule has 168 valence electrons. The SMILES string of the molecule is CCOc1ccccc1CNC(=O)c1ccc(N(Cc2ccc(F)cc2)S(C)(=O)=O)cc1. The van der Waals surface area contributed by atoms with E-state index >= 15 is 0 Å². The number of nitrogens with zero attached hydrogens (tertiary/aromatic N) is 1. The predicted octanol–water partition coefficient (Wildman–Crippen LogP) is 4.12. The van der Waals surface area contributed by atoms with Gasteiger partial charge in [-0.3, -0.25) is 9.10 Å². The number of benzene rings is 3. The fraction of sp³-hybridized carbons (Fsp3) is 0.208. The fourth-order valence-corrected chi connectivity index (χ4v) is 4.05. The van der Waals surface area contributed by atoms with Gasteiger partial charge in [0.05, 0.1) is 25.1 Å². The molecular weight excluding hydrogens is 431 g/mol. The molecule has 0 aliphatic rings. The number of rotatable bonds is 9. The standard InChI is InChI=1S/C24H25FN2O4S/c1-3-31-23-7-5-4-6-20(23)16-26-24(28)19-10-14-22(15-11-19)27(32(2,29)30)17-18-8-12-21(25)13-9-18/h4-15H,3,16-17H2,1-2H3,(H,26,28). The largest absolute Gasteiger partial charge is 0.494 e. The molecule has 32 heavy (non-hydrogen) atoms. The van der Waals surface area contributed by atoms with Crippen molar-refractivity contribution in [3.63, 3.8) is 0 Å². The van der Waals surface area contributed by atoms with Gasteiger partial charge in [-0.2, -0.15) is 0 Å². The van der Waals surface area contributed by atoms with Gasteiger partial charge < -0.3 is 10.1 Å². The minimum absolute atomic E-state index is 0.0544. The van der Waals surface area contributed by atoms with E-state index in [0.717, 1.165) is 17.6 Å². The zero-order valence-electron chi connectivity index (χ0n) is 17.9. The molecule has 0 saturated heterocycles. The van der Waals surface area contributed by atoms with Gasteiger partial charge in [0.25, 0.3) is 5.91 Å². The van der Waals surface area contributed by atoms with Crippen LogP contribution in [0.5, 0.6) is 5.75 Å². The van der Waals surface area contributed by atoms with Crippen LogP contribution in [-0.2, 0) is 23.1 Å². The lowest BCUT2D eigenvalue weighted by molar-refractivity contribution is 0.0950. The third-order valence-electron chi connectivity index (χ3n) is 4.77. The molecule has 0 spiro atoms. The Kier molecular flexibility index (Phi) is 7.48. The number of carbonyl (C=O) groups is 1. The number of sulfonamides is 1. The topological polar surface area (TPSA) is 75.7 Å². The van der Waals surface area contributed by atoms with Gasteiger partial charge in [-0.25, -0.2) is 12.8 Å². The Labute approximate surface area is 187 Å². The number of nitrogens with one attached hydrogen (secondary N) is 1. The first-order valence-electron chi connectivity index (χ1n) is 10.1. The third-order valence-corrected chi connectivity index (χ3v) is 5.91. The Hall–Kier alpha value is -3.39. The lowest BCUT2D eigenvalue weighted by Gasteiger charge is -2.22. The molecule has 0 aliphatic heterocycles. The minimum atomic E-state index is -3.59. The fourth-order valence-electron chi connectivity index (χ4n) is 3.16. The lowest BCUT2D eigenvalue weighted by atomic mass is 10.1. The molecule has 3 rings (SSSR count). The average Bonchev–Trinajstić information content (AvgIpc) is 2.77. The molecule has 6 nitrogen and oxygen atoms in total. The maximum atomic E-state index is 13.2. The quantitative estimate of drug-likeness (QED) is 0.526. The molecule has 1 N–H and O–H groups in total. The molecule has 0 bridgehead atoms. The monoisotopic (exact) mass is 456 g/mol. The van der Waals surface area contributed by atoms with E-state index in [9.17, 15) is 17.6 Å². The second kappa shape index (κ2) is 10.3. The van der Waals surface area contributed by atoms with Crippen LogP contribution in [0.4, 0.5) is 10.1 Å². The van der Waals surface area contributed by atoms with Crippen molar-refractivity contribution >= 4 is 21.6 Å². The second-order valence-electron chi connectivity index (χ2n) is 7.17. The number of hydrogen-bond donors (Lipinski definition) is 1. The smallest absolute Gasteiger partial charge is 0.251 e. The Bertz CT molecular complexity index is 1160. The van der Waals surface area contributed by atoms with Crippen molar-refractivity contribution in [2.75, 3.05) is 17.2 Å². The van der Waals surface area contributed by atoms with Crippen LogP contribution in [0, 0.1) is 5.82 Å². The summed E-state index contributed by atoms with van der Waals surface area (Å²) in [6.07, 6.45) is 1.10. The summed E-state index contributed by atoms with van der Waals surface area (Å²) in [5, 5.41) is 2.85. The number of halogens is 1. The highest BCUT2D eigenvalue weighted by atomic mass is 32.2. The van der Waals surface area contributed by atoms with Crippen LogP contribution in [0.2, 0.25) is 0 Å². The highest BCUT2D eigenvalue weighted by molar-refractivity contribution is 7.92. The molecule has 0 aliphatic carbocycles. The summed E-state index contributed by atoms with van der Waals surface area (Å²) in [7, 11) is -3.59. The maximum absolute atomic E-state index is 13.2. The van der Waals surface area contributed by atoms with E-state index in [2.05, 4.69) is 5.32 Å². The zero-order chi connectivity index (χ0) is 23.1. The van der Waals surface area contributed by atoms with E-state index in [-0.39, 0.29) is 18.3 Å². The van der Waals surface area contributed by atoms with E-state index in [1.54, 1.807) is 24.3 Å². The van der Waals surface area contributed by atoms with Gasteiger partial charge in [0, 0.05) is 17.7 Å². The summed E-state index contributed by atoms with van der Waals surface area (Å²) in [6.45, 7) is 2.78. The van der Waals surface area contributed by atoms with Gasteiger partial charge in [-0.1, -0.05) is 30.3 Å². The number of anilines is 1. The van der Waals surface area contributed by atoms with Crippen molar-refractivity contribution in [3.8, 4) is 5.75 Å². The number of amides is 1. The van der Waals surface area contributed by atoms with Gasteiger partial charge in [-0.05, 0) is 55.0 Å². The van der Waals surface area contributed by atoms with Crippen LogP contribution in [0.25, 0.3) is 0 Å². The number of carbonyl (C=O) groups excluding carboxylic acids is 1. The summed E-state index contributed by atoms with van der Waals surface area (Å²) in [5.74, 6) is 0.0430. The van der Waals surface area contributed by atoms with Crippen molar-refractivity contribution in [1.29, 1.82) is 0 Å². The van der Waals surface area contributed by atoms with Crippen molar-refractivity contribution in [3.05, 3.63) is 95.3 Å². The predicted molar refractivity (Wildman–Crippen MR) is 123 cm³/mol. The molecule has 0 heterocycles. The molecule has 1 amide bonds. The molecule has 8 heteroatoms. The molecule has 0 saturated carbocycles. The molecule has 3 aromatic carbocycles. The van der Waals surface area contributed by atoms with Crippen LogP contribution < -0.4 is 14.4 Å². The summed E-state index contributed by atoms with van der Waals surface area (Å²) >= 11 is 0. The van der Waals surface area contributed by atoms with Crippen molar-refractivity contribution < 1.29 is 22.3 Å². The van der Waals surface area contributed by atoms with Crippen LogP contribution in [0.15, 0.2) is 72.8 Å². The Morgan fingerprint density at radius 2 is 1.66 bits per heavy atom. The highest BCUT2D eigenvalue weighted by Crippen LogP contribution is 2.22. The van der Waals surface area contributed by atoms with Gasteiger partial charge in [0.1, 0.15) is 11.6 Å². The lowest BCUT2D eigenvalue weighted by Crippen LogP contribution is -2.29. The van der Waals surface area contributed by atoms with Crippen molar-refractivity contribution in [2.24, 2.45) is 0 Å². The van der Waals surface area contributed by atoms with E-state index < -0.39 is 10.0 Å². The van der Waals surface area contributed by atoms with Crippen LogP contribution in [-0.4, -0.2) is 27.2 Å². The molecule has 3 aromatic rings. The first-order chi connectivity index (χ1) is 15.3. The normalized spacial score (nSPS) is 11.1. The third kappa shape index (κ3) is 6.07. The first kappa shape index (κ1) is 23.3. The zero-order valence-corrected chi connectivity index (χ0v) is 18.7. The Morgan fingerprint density at radius 3 is 2.28 bits per heavy atom. The van der Waals surface area contributed by atoms with E-state index in [0.29, 0.717) is 30.0 Å². The van der Waals surface area contributed by atoms with E-state index in [4.69, 9.17) is 4.74 Å². The van der Waals surface area contributed by atoms with Gasteiger partial charge >= 0.3 is 0 Å². The van der Waals surface area contributed by atoms with E-state index in [1.165, 1.54) is 28.6 Å². The highest BCUT2D eigenvalue weighted by Gasteiger charge is 2.18. The minimum Gasteiger partial charge on any atom is -0.494 e. The molecule has 0 aromatic heterocycles. The average molecular weight is 457 g/mol. The van der Waals surface area contributed by atoms with Gasteiger partial charge in [0.2, 0.25) is 10.0 Å². The summed E-state index contributed by atoms with van der Waals surface area (Å²) in [4.78, 5) is 12.6. The van der Waals surface area contributed by atoms with Crippen LogP contribution in [0.1, 0.15) is 28.4 Å². The van der Waals surface area contributed by atoms with Crippen LogP contribution >= 0.6 is 0 Å². The molecular formula is C24H25FN2O4S. The Balaban J connectivity index is 1.72. The molecule has 0 atom stereocenters. The van der Waals surface area contributed by atoms with Crippen molar-refractivity contribution in [1.82, 2.24) is 5.32 Å². The number of para-hydroxylation sites is 1. The van der Waals surface area contributed by atoms with E-state index in [1.807, 2.05) is 31.2 Å². The molecule has 0 fully saturated rings. The second-order valence-corrected chi connectivity index (χ2v) is 9.07. The molecule has 0 radical (unpaired) electrons. The summed E-state index contributed by atoms with van der Waals surface area (Å²) in [5.41, 5.74) is 2.32. The first-order valence-corrected chi connectivity index (χ1v) is 11.9. The van der Waals surface area contributed by atoms with Gasteiger partial charge in [0.15, 0.2) is 0 Å².